The van der Waals surface area contributed by atoms with Crippen molar-refractivity contribution in [3.8, 4) is 0 Å². The van der Waals surface area contributed by atoms with Gasteiger partial charge < -0.3 is 10.6 Å². The monoisotopic (exact) mass is 238 g/mol. The summed E-state index contributed by atoms with van der Waals surface area (Å²) in [4.78, 5) is 12.1. The van der Waals surface area contributed by atoms with Gasteiger partial charge in [-0.3, -0.25) is 4.79 Å². The van der Waals surface area contributed by atoms with Crippen LogP contribution in [0, 0.1) is 17.8 Å². The molecule has 1 aliphatic heterocycles. The average Bonchev–Trinajstić information content (AvgIpc) is 2.28. The van der Waals surface area contributed by atoms with Crippen molar-refractivity contribution >= 4 is 5.91 Å². The van der Waals surface area contributed by atoms with Crippen molar-refractivity contribution in [1.29, 1.82) is 0 Å². The zero-order valence-electron chi connectivity index (χ0n) is 11.2. The van der Waals surface area contributed by atoms with E-state index in [1.165, 1.54) is 6.42 Å². The third kappa shape index (κ3) is 3.70. The number of carbonyl (C=O) groups excluding carboxylic acids is 1. The van der Waals surface area contributed by atoms with Crippen LogP contribution in [0.1, 0.15) is 46.0 Å². The molecule has 98 valence electrons. The Morgan fingerprint density at radius 2 is 1.88 bits per heavy atom. The lowest BCUT2D eigenvalue weighted by atomic mass is 9.80. The van der Waals surface area contributed by atoms with E-state index in [0.717, 1.165) is 50.6 Å². The molecule has 1 saturated carbocycles. The molecule has 0 aromatic heterocycles. The van der Waals surface area contributed by atoms with E-state index >= 15 is 0 Å². The van der Waals surface area contributed by atoms with Crippen LogP contribution in [-0.4, -0.2) is 25.0 Å². The smallest absolute Gasteiger partial charge is 0.224 e. The number of carbonyl (C=O) groups is 1. The van der Waals surface area contributed by atoms with E-state index < -0.39 is 0 Å². The summed E-state index contributed by atoms with van der Waals surface area (Å²) >= 11 is 0. The molecule has 2 aliphatic rings. The fourth-order valence-electron chi connectivity index (χ4n) is 3.46. The van der Waals surface area contributed by atoms with Gasteiger partial charge >= 0.3 is 0 Å². The fourth-order valence-corrected chi connectivity index (χ4v) is 3.46. The van der Waals surface area contributed by atoms with Gasteiger partial charge in [-0.05, 0) is 50.5 Å². The first-order chi connectivity index (χ1) is 8.15. The summed E-state index contributed by atoms with van der Waals surface area (Å²) < 4.78 is 0. The molecule has 1 saturated heterocycles. The molecule has 2 fully saturated rings. The van der Waals surface area contributed by atoms with Crippen molar-refractivity contribution in [1.82, 2.24) is 10.6 Å². The SMILES string of the molecule is CC1CC(C)CC(NC(=O)[C@@H]2CCCNC2)C1. The van der Waals surface area contributed by atoms with Crippen LogP contribution in [-0.2, 0) is 4.79 Å². The van der Waals surface area contributed by atoms with Gasteiger partial charge in [0, 0.05) is 12.6 Å². The lowest BCUT2D eigenvalue weighted by molar-refractivity contribution is -0.126. The second kappa shape index (κ2) is 5.85. The maximum atomic E-state index is 12.1. The van der Waals surface area contributed by atoms with Gasteiger partial charge in [-0.1, -0.05) is 13.8 Å². The van der Waals surface area contributed by atoms with E-state index in [2.05, 4.69) is 24.5 Å². The minimum absolute atomic E-state index is 0.205. The summed E-state index contributed by atoms with van der Waals surface area (Å²) in [5.41, 5.74) is 0. The minimum Gasteiger partial charge on any atom is -0.353 e. The van der Waals surface area contributed by atoms with Crippen LogP contribution in [0.4, 0.5) is 0 Å². The average molecular weight is 238 g/mol. The third-order valence-electron chi connectivity index (χ3n) is 4.19. The van der Waals surface area contributed by atoms with Gasteiger partial charge in [0.15, 0.2) is 0 Å². The number of piperidine rings is 1. The summed E-state index contributed by atoms with van der Waals surface area (Å²) in [6.07, 6.45) is 5.83. The van der Waals surface area contributed by atoms with Crippen LogP contribution < -0.4 is 10.6 Å². The van der Waals surface area contributed by atoms with Crippen LogP contribution in [0.2, 0.25) is 0 Å². The van der Waals surface area contributed by atoms with E-state index in [1.54, 1.807) is 0 Å². The zero-order chi connectivity index (χ0) is 12.3. The largest absolute Gasteiger partial charge is 0.353 e. The van der Waals surface area contributed by atoms with Gasteiger partial charge in [-0.25, -0.2) is 0 Å². The Morgan fingerprint density at radius 3 is 2.47 bits per heavy atom. The molecule has 0 aromatic carbocycles. The van der Waals surface area contributed by atoms with E-state index in [-0.39, 0.29) is 11.8 Å². The zero-order valence-corrected chi connectivity index (χ0v) is 11.2. The Bertz CT molecular complexity index is 251. The van der Waals surface area contributed by atoms with Gasteiger partial charge in [-0.2, -0.15) is 0 Å². The van der Waals surface area contributed by atoms with Gasteiger partial charge in [0.05, 0.1) is 5.92 Å². The Labute approximate surface area is 105 Å². The van der Waals surface area contributed by atoms with Gasteiger partial charge in [0.1, 0.15) is 0 Å². The molecular formula is C14H26N2O. The highest BCUT2D eigenvalue weighted by Gasteiger charge is 2.28. The van der Waals surface area contributed by atoms with Crippen LogP contribution >= 0.6 is 0 Å². The molecule has 0 radical (unpaired) electrons. The van der Waals surface area contributed by atoms with Crippen molar-refractivity contribution in [3.63, 3.8) is 0 Å². The summed E-state index contributed by atoms with van der Waals surface area (Å²) in [6, 6.07) is 0.420. The summed E-state index contributed by atoms with van der Waals surface area (Å²) in [5, 5.41) is 6.58. The van der Waals surface area contributed by atoms with Crippen molar-refractivity contribution in [2.24, 2.45) is 17.8 Å². The van der Waals surface area contributed by atoms with Crippen molar-refractivity contribution in [2.75, 3.05) is 13.1 Å². The highest BCUT2D eigenvalue weighted by atomic mass is 16.2. The lowest BCUT2D eigenvalue weighted by Gasteiger charge is -2.33. The van der Waals surface area contributed by atoms with Crippen molar-refractivity contribution in [2.45, 2.75) is 52.0 Å². The molecule has 0 aromatic rings. The molecule has 3 nitrogen and oxygen atoms in total. The maximum absolute atomic E-state index is 12.1. The van der Waals surface area contributed by atoms with E-state index in [9.17, 15) is 4.79 Å². The lowest BCUT2D eigenvalue weighted by Crippen LogP contribution is -2.46. The normalized spacial score (nSPS) is 38.7. The number of hydrogen-bond donors (Lipinski definition) is 2. The second-order valence-corrected chi connectivity index (χ2v) is 6.17. The summed E-state index contributed by atoms with van der Waals surface area (Å²) in [5.74, 6) is 2.00. The van der Waals surface area contributed by atoms with Crippen LogP contribution in [0.15, 0.2) is 0 Å². The highest BCUT2D eigenvalue weighted by molar-refractivity contribution is 5.79. The molecule has 1 amide bonds. The van der Waals surface area contributed by atoms with Crippen LogP contribution in [0.25, 0.3) is 0 Å². The first kappa shape index (κ1) is 12.9. The van der Waals surface area contributed by atoms with Gasteiger partial charge in [0.25, 0.3) is 0 Å². The van der Waals surface area contributed by atoms with Gasteiger partial charge in [-0.15, -0.1) is 0 Å². The van der Waals surface area contributed by atoms with E-state index in [1.807, 2.05) is 0 Å². The number of hydrogen-bond acceptors (Lipinski definition) is 2. The third-order valence-corrected chi connectivity index (χ3v) is 4.19. The number of nitrogens with one attached hydrogen (secondary N) is 2. The predicted octanol–water partition coefficient (Wildman–Crippen LogP) is 1.93. The Balaban J connectivity index is 1.80. The molecule has 2 unspecified atom stereocenters. The van der Waals surface area contributed by atoms with Crippen LogP contribution in [0.3, 0.4) is 0 Å². The van der Waals surface area contributed by atoms with E-state index in [0.29, 0.717) is 6.04 Å². The number of amides is 1. The molecule has 2 N–H and O–H groups in total. The van der Waals surface area contributed by atoms with E-state index in [4.69, 9.17) is 0 Å². The topological polar surface area (TPSA) is 41.1 Å². The first-order valence-electron chi connectivity index (χ1n) is 7.16. The summed E-state index contributed by atoms with van der Waals surface area (Å²) in [7, 11) is 0. The first-order valence-corrected chi connectivity index (χ1v) is 7.16. The standard InChI is InChI=1S/C14H26N2O/c1-10-6-11(2)8-13(7-10)16-14(17)12-4-3-5-15-9-12/h10-13,15H,3-9H2,1-2H3,(H,16,17)/t10?,11?,12-,13?/m1/s1. The number of rotatable bonds is 2. The second-order valence-electron chi connectivity index (χ2n) is 6.17. The quantitative estimate of drug-likeness (QED) is 0.772. The maximum Gasteiger partial charge on any atom is 0.224 e. The molecule has 0 bridgehead atoms. The molecule has 1 aliphatic carbocycles. The molecule has 0 spiro atoms. The van der Waals surface area contributed by atoms with Gasteiger partial charge in [0.2, 0.25) is 5.91 Å². The molecule has 17 heavy (non-hydrogen) atoms. The Morgan fingerprint density at radius 1 is 1.18 bits per heavy atom. The molecule has 3 heteroatoms. The summed E-state index contributed by atoms with van der Waals surface area (Å²) in [6.45, 7) is 6.54. The molecule has 3 atom stereocenters. The van der Waals surface area contributed by atoms with Crippen LogP contribution in [0.5, 0.6) is 0 Å². The molecule has 2 rings (SSSR count). The molecular weight excluding hydrogens is 212 g/mol. The predicted molar refractivity (Wildman–Crippen MR) is 69.7 cm³/mol. The Kier molecular flexibility index (Phi) is 4.43. The van der Waals surface area contributed by atoms with Crippen molar-refractivity contribution in [3.05, 3.63) is 0 Å². The minimum atomic E-state index is 0.205. The molecule has 1 heterocycles. The fraction of sp³-hybridized carbons (Fsp3) is 0.929. The van der Waals surface area contributed by atoms with Crippen molar-refractivity contribution < 1.29 is 4.79 Å². The Hall–Kier alpha value is -0.570. The highest BCUT2D eigenvalue weighted by Crippen LogP contribution is 2.28.